The van der Waals surface area contributed by atoms with Crippen LogP contribution in [0.25, 0.3) is 0 Å². The molecule has 1 atom stereocenters. The highest BCUT2D eigenvalue weighted by Gasteiger charge is 2.31. The molecule has 0 aliphatic carbocycles. The maximum absolute atomic E-state index is 12.6. The molecule has 1 amide bonds. The van der Waals surface area contributed by atoms with Gasteiger partial charge in [0.05, 0.1) is 5.56 Å². The molecule has 0 bridgehead atoms. The number of hydrogen-bond acceptors (Lipinski definition) is 3. The number of fused-ring (bicyclic) bond motifs is 1. The maximum Gasteiger partial charge on any atom is 0.335 e. The summed E-state index contributed by atoms with van der Waals surface area (Å²) >= 11 is 1.84. The number of carboxylic acids is 1. The zero-order valence-electron chi connectivity index (χ0n) is 11.2. The number of carbonyl (C=O) groups excluding carboxylic acids is 1. The van der Waals surface area contributed by atoms with Crippen molar-refractivity contribution in [2.45, 2.75) is 19.3 Å². The van der Waals surface area contributed by atoms with Gasteiger partial charge in [0.25, 0.3) is 0 Å². The predicted octanol–water partition coefficient (Wildman–Crippen LogP) is 2.42. The van der Waals surface area contributed by atoms with Crippen molar-refractivity contribution in [2.24, 2.45) is 5.92 Å². The van der Waals surface area contributed by atoms with Gasteiger partial charge in [-0.15, -0.1) is 0 Å². The number of benzene rings is 1. The molecule has 1 aromatic carbocycles. The summed E-state index contributed by atoms with van der Waals surface area (Å²) in [6, 6.07) is 5.09. The number of hydrogen-bond donors (Lipinski definition) is 1. The minimum Gasteiger partial charge on any atom is -0.478 e. The summed E-state index contributed by atoms with van der Waals surface area (Å²) in [5, 5.41) is 9.05. The van der Waals surface area contributed by atoms with Crippen LogP contribution in [-0.2, 0) is 11.2 Å². The number of carbonyl (C=O) groups is 2. The number of aromatic carboxylic acids is 1. The third kappa shape index (κ3) is 2.42. The molecule has 0 saturated carbocycles. The maximum atomic E-state index is 12.6. The summed E-state index contributed by atoms with van der Waals surface area (Å²) in [5.74, 6) is 1.40. The molecular formula is C15H17NO3S. The molecule has 4 nitrogen and oxygen atoms in total. The van der Waals surface area contributed by atoms with Gasteiger partial charge in [-0.1, -0.05) is 0 Å². The molecule has 1 unspecified atom stereocenters. The SMILES string of the molecule is O=C(O)c1ccc2c(c1)CCCN2C(=O)C1CCSC1. The molecule has 106 valence electrons. The fourth-order valence-corrected chi connectivity index (χ4v) is 4.12. The van der Waals surface area contributed by atoms with Gasteiger partial charge >= 0.3 is 5.97 Å². The molecule has 0 spiro atoms. The Bertz CT molecular complexity index is 552. The van der Waals surface area contributed by atoms with Crippen molar-refractivity contribution in [3.63, 3.8) is 0 Å². The average Bonchev–Trinajstić information content (AvgIpc) is 2.99. The highest BCUT2D eigenvalue weighted by Crippen LogP contribution is 2.32. The lowest BCUT2D eigenvalue weighted by Gasteiger charge is -2.31. The Balaban J connectivity index is 1.89. The van der Waals surface area contributed by atoms with Crippen LogP contribution in [0.4, 0.5) is 5.69 Å². The molecule has 2 heterocycles. The first kappa shape index (κ1) is 13.5. The summed E-state index contributed by atoms with van der Waals surface area (Å²) in [5.41, 5.74) is 2.19. The Kier molecular flexibility index (Phi) is 3.70. The monoisotopic (exact) mass is 291 g/mol. The molecule has 5 heteroatoms. The number of thioether (sulfide) groups is 1. The van der Waals surface area contributed by atoms with Crippen molar-refractivity contribution in [1.82, 2.24) is 0 Å². The first-order chi connectivity index (χ1) is 9.66. The first-order valence-corrected chi connectivity index (χ1v) is 8.07. The van der Waals surface area contributed by atoms with Crippen LogP contribution < -0.4 is 4.90 Å². The molecule has 1 fully saturated rings. The second-order valence-corrected chi connectivity index (χ2v) is 6.45. The molecule has 1 N–H and O–H groups in total. The van der Waals surface area contributed by atoms with Gasteiger partial charge < -0.3 is 10.0 Å². The highest BCUT2D eigenvalue weighted by atomic mass is 32.2. The van der Waals surface area contributed by atoms with Crippen molar-refractivity contribution in [2.75, 3.05) is 23.0 Å². The zero-order valence-corrected chi connectivity index (χ0v) is 12.0. The number of carboxylic acid groups (broad SMARTS) is 1. The molecular weight excluding hydrogens is 274 g/mol. The smallest absolute Gasteiger partial charge is 0.335 e. The van der Waals surface area contributed by atoms with E-state index in [1.165, 1.54) is 0 Å². The molecule has 20 heavy (non-hydrogen) atoms. The first-order valence-electron chi connectivity index (χ1n) is 6.92. The van der Waals surface area contributed by atoms with Gasteiger partial charge in [0.15, 0.2) is 0 Å². The summed E-state index contributed by atoms with van der Waals surface area (Å²) in [4.78, 5) is 25.5. The number of anilines is 1. The standard InChI is InChI=1S/C15H17NO3S/c17-14(12-5-7-20-9-12)16-6-1-2-10-8-11(15(18)19)3-4-13(10)16/h3-4,8,12H,1-2,5-7,9H2,(H,18,19). The molecule has 3 rings (SSSR count). The van der Waals surface area contributed by atoms with Gasteiger partial charge in [-0.2, -0.15) is 11.8 Å². The van der Waals surface area contributed by atoms with E-state index in [0.717, 1.165) is 48.6 Å². The van der Waals surface area contributed by atoms with Crippen molar-refractivity contribution in [3.8, 4) is 0 Å². The van der Waals surface area contributed by atoms with Crippen molar-refractivity contribution >= 4 is 29.3 Å². The summed E-state index contributed by atoms with van der Waals surface area (Å²) in [6.45, 7) is 0.749. The topological polar surface area (TPSA) is 57.6 Å². The van der Waals surface area contributed by atoms with Crippen LogP contribution in [0.2, 0.25) is 0 Å². The lowest BCUT2D eigenvalue weighted by molar-refractivity contribution is -0.121. The van der Waals surface area contributed by atoms with E-state index >= 15 is 0 Å². The molecule has 0 aromatic heterocycles. The summed E-state index contributed by atoms with van der Waals surface area (Å²) < 4.78 is 0. The number of aryl methyl sites for hydroxylation is 1. The third-order valence-corrected chi connectivity index (χ3v) is 5.15. The van der Waals surface area contributed by atoms with Gasteiger partial charge in [0.1, 0.15) is 0 Å². The van der Waals surface area contributed by atoms with E-state index in [4.69, 9.17) is 5.11 Å². The fourth-order valence-electron chi connectivity index (χ4n) is 2.91. The summed E-state index contributed by atoms with van der Waals surface area (Å²) in [7, 11) is 0. The lowest BCUT2D eigenvalue weighted by atomic mass is 9.97. The molecule has 1 aromatic rings. The number of rotatable bonds is 2. The van der Waals surface area contributed by atoms with E-state index < -0.39 is 5.97 Å². The fraction of sp³-hybridized carbons (Fsp3) is 0.467. The van der Waals surface area contributed by atoms with Crippen LogP contribution in [0.3, 0.4) is 0 Å². The van der Waals surface area contributed by atoms with Crippen molar-refractivity contribution in [3.05, 3.63) is 29.3 Å². The normalized spacial score (nSPS) is 21.6. The predicted molar refractivity (Wildman–Crippen MR) is 79.5 cm³/mol. The van der Waals surface area contributed by atoms with Crippen LogP contribution in [-0.4, -0.2) is 35.0 Å². The molecule has 1 saturated heterocycles. The number of amides is 1. The van der Waals surface area contributed by atoms with Gasteiger partial charge in [-0.05, 0) is 48.8 Å². The van der Waals surface area contributed by atoms with E-state index in [-0.39, 0.29) is 11.8 Å². The van der Waals surface area contributed by atoms with E-state index in [1.54, 1.807) is 18.2 Å². The zero-order chi connectivity index (χ0) is 14.1. The van der Waals surface area contributed by atoms with E-state index in [0.29, 0.717) is 5.56 Å². The Morgan fingerprint density at radius 2 is 2.20 bits per heavy atom. The third-order valence-electron chi connectivity index (χ3n) is 3.99. The molecule has 2 aliphatic heterocycles. The second-order valence-electron chi connectivity index (χ2n) is 5.30. The van der Waals surface area contributed by atoms with Gasteiger partial charge in [-0.3, -0.25) is 4.79 Å². The van der Waals surface area contributed by atoms with Gasteiger partial charge in [0.2, 0.25) is 5.91 Å². The van der Waals surface area contributed by atoms with Crippen LogP contribution >= 0.6 is 11.8 Å². The number of nitrogens with zero attached hydrogens (tertiary/aromatic N) is 1. The Labute approximate surface area is 122 Å². The van der Waals surface area contributed by atoms with E-state index in [1.807, 2.05) is 16.7 Å². The summed E-state index contributed by atoms with van der Waals surface area (Å²) in [6.07, 6.45) is 2.71. The quantitative estimate of drug-likeness (QED) is 0.909. The van der Waals surface area contributed by atoms with E-state index in [9.17, 15) is 9.59 Å². The molecule has 0 radical (unpaired) electrons. The van der Waals surface area contributed by atoms with Crippen molar-refractivity contribution < 1.29 is 14.7 Å². The Morgan fingerprint density at radius 3 is 2.90 bits per heavy atom. The second kappa shape index (κ2) is 5.48. The van der Waals surface area contributed by atoms with Crippen LogP contribution in [0.5, 0.6) is 0 Å². The minimum atomic E-state index is -0.913. The lowest BCUT2D eigenvalue weighted by Crippen LogP contribution is -2.39. The van der Waals surface area contributed by atoms with Crippen LogP contribution in [0, 0.1) is 5.92 Å². The van der Waals surface area contributed by atoms with Crippen molar-refractivity contribution in [1.29, 1.82) is 0 Å². The highest BCUT2D eigenvalue weighted by molar-refractivity contribution is 7.99. The Hall–Kier alpha value is -1.49. The average molecular weight is 291 g/mol. The largest absolute Gasteiger partial charge is 0.478 e. The van der Waals surface area contributed by atoms with Crippen LogP contribution in [0.15, 0.2) is 18.2 Å². The van der Waals surface area contributed by atoms with Gasteiger partial charge in [0, 0.05) is 23.9 Å². The molecule has 2 aliphatic rings. The minimum absolute atomic E-state index is 0.130. The van der Waals surface area contributed by atoms with E-state index in [2.05, 4.69) is 0 Å². The van der Waals surface area contributed by atoms with Crippen LogP contribution in [0.1, 0.15) is 28.8 Å². The Morgan fingerprint density at radius 1 is 1.35 bits per heavy atom. The van der Waals surface area contributed by atoms with Gasteiger partial charge in [-0.25, -0.2) is 4.79 Å².